The Kier molecular flexibility index (Phi) is 3.78. The topological polar surface area (TPSA) is 63.6 Å². The summed E-state index contributed by atoms with van der Waals surface area (Å²) in [5.41, 5.74) is 0.0844. The predicted molar refractivity (Wildman–Crippen MR) is 68.9 cm³/mol. The Morgan fingerprint density at radius 1 is 1.39 bits per heavy atom. The van der Waals surface area contributed by atoms with Crippen LogP contribution in [0.1, 0.15) is 10.4 Å². The van der Waals surface area contributed by atoms with Gasteiger partial charge in [-0.3, -0.25) is 0 Å². The van der Waals surface area contributed by atoms with Gasteiger partial charge in [-0.15, -0.1) is 11.3 Å². The summed E-state index contributed by atoms with van der Waals surface area (Å²) in [5.74, 6) is -0.475. The number of ether oxygens (including phenoxy) is 1. The first-order chi connectivity index (χ1) is 8.63. The predicted octanol–water partition coefficient (Wildman–Crippen LogP) is 2.62. The summed E-state index contributed by atoms with van der Waals surface area (Å²) in [6.07, 6.45) is 0. The second-order valence-corrected chi connectivity index (χ2v) is 5.97. The first kappa shape index (κ1) is 12.8. The number of methoxy groups -OCH3 is 1. The zero-order valence-electron chi connectivity index (χ0n) is 9.45. The largest absolute Gasteiger partial charge is 0.497 e. The first-order valence-corrected chi connectivity index (χ1v) is 7.03. The van der Waals surface area contributed by atoms with E-state index in [-0.39, 0.29) is 5.56 Å². The van der Waals surface area contributed by atoms with Gasteiger partial charge in [0.25, 0.3) is 0 Å². The minimum Gasteiger partial charge on any atom is -0.497 e. The quantitative estimate of drug-likeness (QED) is 0.936. The molecule has 0 saturated heterocycles. The number of carbonyl (C=O) groups is 1. The average Bonchev–Trinajstić information content (AvgIpc) is 2.87. The minimum absolute atomic E-state index is 0.0844. The normalized spacial score (nSPS) is 12.1. The van der Waals surface area contributed by atoms with E-state index in [1.807, 2.05) is 0 Å². The maximum absolute atomic E-state index is 12.3. The number of aromatic carboxylic acids is 1. The van der Waals surface area contributed by atoms with Crippen molar-refractivity contribution in [2.24, 2.45) is 0 Å². The van der Waals surface area contributed by atoms with Gasteiger partial charge in [0.15, 0.2) is 0 Å². The van der Waals surface area contributed by atoms with Gasteiger partial charge in [-0.25, -0.2) is 9.00 Å². The molecule has 0 radical (unpaired) electrons. The van der Waals surface area contributed by atoms with Crippen LogP contribution in [-0.4, -0.2) is 22.4 Å². The summed E-state index contributed by atoms with van der Waals surface area (Å²) in [4.78, 5) is 11.5. The molecule has 1 aromatic heterocycles. The van der Waals surface area contributed by atoms with Gasteiger partial charge >= 0.3 is 5.97 Å². The summed E-state index contributed by atoms with van der Waals surface area (Å²) in [7, 11) is 0.0217. The summed E-state index contributed by atoms with van der Waals surface area (Å²) >= 11 is 1.17. The number of carboxylic acid groups (broad SMARTS) is 1. The van der Waals surface area contributed by atoms with Crippen molar-refractivity contribution in [1.29, 1.82) is 0 Å². The molecule has 0 aliphatic carbocycles. The molecule has 0 aliphatic rings. The van der Waals surface area contributed by atoms with Crippen LogP contribution in [0.3, 0.4) is 0 Å². The van der Waals surface area contributed by atoms with Crippen molar-refractivity contribution in [2.75, 3.05) is 7.11 Å². The molecule has 18 heavy (non-hydrogen) atoms. The molecule has 0 bridgehead atoms. The molecule has 0 fully saturated rings. The van der Waals surface area contributed by atoms with E-state index < -0.39 is 16.8 Å². The molecule has 1 atom stereocenters. The Morgan fingerprint density at radius 3 is 2.83 bits per heavy atom. The summed E-state index contributed by atoms with van der Waals surface area (Å²) in [6.45, 7) is 0. The molecule has 0 aliphatic heterocycles. The highest BCUT2D eigenvalue weighted by Crippen LogP contribution is 2.27. The van der Waals surface area contributed by atoms with Gasteiger partial charge in [-0.2, -0.15) is 0 Å². The number of carboxylic acids is 1. The molecular weight excluding hydrogens is 272 g/mol. The number of thiophene rings is 1. The molecule has 1 heterocycles. The Balaban J connectivity index is 2.41. The molecule has 0 amide bonds. The molecule has 2 rings (SSSR count). The van der Waals surface area contributed by atoms with Crippen LogP contribution in [0.5, 0.6) is 5.75 Å². The molecule has 1 aromatic carbocycles. The fourth-order valence-corrected chi connectivity index (χ4v) is 3.83. The van der Waals surface area contributed by atoms with Gasteiger partial charge in [0, 0.05) is 4.90 Å². The van der Waals surface area contributed by atoms with Crippen LogP contribution in [0.25, 0.3) is 0 Å². The lowest BCUT2D eigenvalue weighted by Gasteiger charge is -2.04. The van der Waals surface area contributed by atoms with Crippen molar-refractivity contribution < 1.29 is 18.8 Å². The van der Waals surface area contributed by atoms with E-state index in [9.17, 15) is 9.00 Å². The molecule has 0 saturated carbocycles. The summed E-state index contributed by atoms with van der Waals surface area (Å²) in [5, 5.41) is 10.6. The third-order valence-corrected chi connectivity index (χ3v) is 4.97. The lowest BCUT2D eigenvalue weighted by atomic mass is 10.3. The molecule has 6 heteroatoms. The SMILES string of the molecule is COc1cccc(S(=O)c2sccc2C(=O)O)c1. The molecule has 1 N–H and O–H groups in total. The van der Waals surface area contributed by atoms with Crippen molar-refractivity contribution in [3.05, 3.63) is 41.3 Å². The maximum Gasteiger partial charge on any atom is 0.337 e. The van der Waals surface area contributed by atoms with Crippen LogP contribution < -0.4 is 4.74 Å². The van der Waals surface area contributed by atoms with Crippen LogP contribution >= 0.6 is 11.3 Å². The van der Waals surface area contributed by atoms with Gasteiger partial charge in [-0.05, 0) is 29.6 Å². The monoisotopic (exact) mass is 282 g/mol. The lowest BCUT2D eigenvalue weighted by Crippen LogP contribution is -2.00. The van der Waals surface area contributed by atoms with Crippen molar-refractivity contribution >= 4 is 28.1 Å². The number of rotatable bonds is 4. The van der Waals surface area contributed by atoms with Crippen molar-refractivity contribution in [2.45, 2.75) is 9.10 Å². The van der Waals surface area contributed by atoms with Crippen LogP contribution in [0.4, 0.5) is 0 Å². The van der Waals surface area contributed by atoms with Gasteiger partial charge in [0.2, 0.25) is 0 Å². The highest BCUT2D eigenvalue weighted by atomic mass is 32.2. The number of hydrogen-bond acceptors (Lipinski definition) is 4. The van der Waals surface area contributed by atoms with Gasteiger partial charge in [0.1, 0.15) is 9.96 Å². The highest BCUT2D eigenvalue weighted by molar-refractivity contribution is 7.87. The molecule has 1 unspecified atom stereocenters. The Bertz CT molecular complexity index is 604. The first-order valence-electron chi connectivity index (χ1n) is 5.00. The van der Waals surface area contributed by atoms with E-state index >= 15 is 0 Å². The van der Waals surface area contributed by atoms with Crippen LogP contribution in [0.15, 0.2) is 44.8 Å². The fourth-order valence-electron chi connectivity index (χ4n) is 1.42. The second-order valence-electron chi connectivity index (χ2n) is 3.37. The van der Waals surface area contributed by atoms with Crippen LogP contribution in [0, 0.1) is 0 Å². The fraction of sp³-hybridized carbons (Fsp3) is 0.0833. The summed E-state index contributed by atoms with van der Waals surface area (Å²) < 4.78 is 17.7. The second kappa shape index (κ2) is 5.32. The summed E-state index contributed by atoms with van der Waals surface area (Å²) in [6, 6.07) is 8.25. The van der Waals surface area contributed by atoms with Gasteiger partial charge in [0.05, 0.1) is 23.5 Å². The Labute approximate surface area is 110 Å². The zero-order chi connectivity index (χ0) is 13.1. The molecule has 94 valence electrons. The van der Waals surface area contributed by atoms with Crippen molar-refractivity contribution in [3.8, 4) is 5.75 Å². The van der Waals surface area contributed by atoms with E-state index in [0.717, 1.165) is 0 Å². The van der Waals surface area contributed by atoms with Crippen LogP contribution in [-0.2, 0) is 10.8 Å². The smallest absolute Gasteiger partial charge is 0.337 e. The molecule has 4 nitrogen and oxygen atoms in total. The molecular formula is C12H10O4S2. The van der Waals surface area contributed by atoms with E-state index in [0.29, 0.717) is 14.9 Å². The van der Waals surface area contributed by atoms with Gasteiger partial charge < -0.3 is 9.84 Å². The average molecular weight is 282 g/mol. The zero-order valence-corrected chi connectivity index (χ0v) is 11.1. The third-order valence-electron chi connectivity index (χ3n) is 2.28. The molecule has 0 spiro atoms. The number of hydrogen-bond donors (Lipinski definition) is 1. The van der Waals surface area contributed by atoms with E-state index in [2.05, 4.69) is 0 Å². The van der Waals surface area contributed by atoms with Gasteiger partial charge in [-0.1, -0.05) is 6.07 Å². The Morgan fingerprint density at radius 2 is 2.17 bits per heavy atom. The lowest BCUT2D eigenvalue weighted by molar-refractivity contribution is 0.0694. The van der Waals surface area contributed by atoms with Crippen LogP contribution in [0.2, 0.25) is 0 Å². The standard InChI is InChI=1S/C12H10O4S2/c1-16-8-3-2-4-9(7-8)18(15)12-10(11(13)14)5-6-17-12/h2-7H,1H3,(H,13,14). The highest BCUT2D eigenvalue weighted by Gasteiger charge is 2.18. The van der Waals surface area contributed by atoms with Crippen molar-refractivity contribution in [1.82, 2.24) is 0 Å². The Hall–Kier alpha value is -1.66. The number of benzene rings is 1. The van der Waals surface area contributed by atoms with E-state index in [1.165, 1.54) is 24.5 Å². The van der Waals surface area contributed by atoms with E-state index in [4.69, 9.17) is 9.84 Å². The third kappa shape index (κ3) is 2.44. The van der Waals surface area contributed by atoms with Crippen molar-refractivity contribution in [3.63, 3.8) is 0 Å². The minimum atomic E-state index is -1.50. The maximum atomic E-state index is 12.3. The molecule has 2 aromatic rings. The van der Waals surface area contributed by atoms with E-state index in [1.54, 1.807) is 29.6 Å².